The fraction of sp³-hybridized carbons (Fsp3) is 0.222. The molecule has 2 aromatic rings. The molecule has 0 saturated carbocycles. The number of guanidine groups is 2. The van der Waals surface area contributed by atoms with Gasteiger partial charge in [-0.15, -0.1) is 25.6 Å². The van der Waals surface area contributed by atoms with E-state index >= 15 is 0 Å². The van der Waals surface area contributed by atoms with Crippen molar-refractivity contribution in [1.82, 2.24) is 4.90 Å². The highest BCUT2D eigenvalue weighted by molar-refractivity contribution is 5.94. The Morgan fingerprint density at radius 3 is 2.29 bits per heavy atom. The van der Waals surface area contributed by atoms with Gasteiger partial charge in [0.2, 0.25) is 5.96 Å². The van der Waals surface area contributed by atoms with Gasteiger partial charge >= 0.3 is 6.36 Å². The third-order valence-corrected chi connectivity index (χ3v) is 4.00. The van der Waals surface area contributed by atoms with Gasteiger partial charge in [0.15, 0.2) is 5.96 Å². The number of nitrogens with zero attached hydrogens (tertiary/aromatic N) is 3. The molecule has 4 N–H and O–H groups in total. The second-order valence-electron chi connectivity index (χ2n) is 5.92. The summed E-state index contributed by atoms with van der Waals surface area (Å²) in [6.07, 6.45) is -3.89. The third kappa shape index (κ3) is 5.78. The van der Waals surface area contributed by atoms with Crippen molar-refractivity contribution in [1.29, 1.82) is 0 Å². The topological polar surface area (TPSA) is 89.2 Å². The van der Waals surface area contributed by atoms with Gasteiger partial charge in [-0.2, -0.15) is 4.99 Å². The predicted octanol–water partition coefficient (Wildman–Crippen LogP) is 3.33. The third-order valence-electron chi connectivity index (χ3n) is 4.00. The molecule has 0 atom stereocenters. The number of benzene rings is 2. The van der Waals surface area contributed by atoms with Crippen molar-refractivity contribution in [3.05, 3.63) is 59.7 Å². The largest absolute Gasteiger partial charge is 0.573 e. The van der Waals surface area contributed by atoms with Crippen molar-refractivity contribution in [2.45, 2.75) is 19.3 Å². The van der Waals surface area contributed by atoms with Crippen molar-refractivity contribution < 1.29 is 17.9 Å². The number of halogens is 4. The minimum atomic E-state index is -4.74. The van der Waals surface area contributed by atoms with E-state index in [0.29, 0.717) is 18.8 Å². The Balaban J connectivity index is 0.00000280. The molecule has 6 nitrogen and oxygen atoms in total. The Hall–Kier alpha value is -2.94. The number of rotatable bonds is 2. The van der Waals surface area contributed by atoms with Crippen molar-refractivity contribution in [2.24, 2.45) is 21.5 Å². The molecule has 2 aromatic carbocycles. The van der Waals surface area contributed by atoms with E-state index in [0.717, 1.165) is 18.6 Å². The van der Waals surface area contributed by atoms with Crippen LogP contribution < -0.4 is 16.2 Å². The monoisotopic (exact) mass is 413 g/mol. The van der Waals surface area contributed by atoms with Crippen LogP contribution in [0.4, 0.5) is 18.9 Å². The van der Waals surface area contributed by atoms with Crippen molar-refractivity contribution >= 4 is 30.0 Å². The van der Waals surface area contributed by atoms with Crippen LogP contribution in [0.15, 0.2) is 58.5 Å². The number of aliphatic imine (C=N–C) groups is 2. The fourth-order valence-electron chi connectivity index (χ4n) is 2.76. The summed E-state index contributed by atoms with van der Waals surface area (Å²) < 4.78 is 40.3. The zero-order valence-electron chi connectivity index (χ0n) is 14.7. The molecule has 1 heterocycles. The molecule has 1 aliphatic heterocycles. The Kier molecular flexibility index (Phi) is 6.74. The number of hydrogen-bond acceptors (Lipinski definition) is 2. The Morgan fingerprint density at radius 1 is 1.00 bits per heavy atom. The number of fused-ring (bicyclic) bond motifs is 1. The van der Waals surface area contributed by atoms with E-state index in [9.17, 15) is 13.2 Å². The van der Waals surface area contributed by atoms with Crippen molar-refractivity contribution in [3.63, 3.8) is 0 Å². The minimum absolute atomic E-state index is 0. The molecule has 10 heteroatoms. The van der Waals surface area contributed by atoms with E-state index in [2.05, 4.69) is 20.8 Å². The lowest BCUT2D eigenvalue weighted by Gasteiger charge is -2.29. The number of ether oxygens (including phenoxy) is 1. The molecule has 1 aliphatic rings. The van der Waals surface area contributed by atoms with E-state index in [1.165, 1.54) is 23.3 Å². The van der Waals surface area contributed by atoms with Crippen molar-refractivity contribution in [2.75, 3.05) is 6.54 Å². The number of nitrogens with two attached hydrogens (primary N) is 2. The normalized spacial score (nSPS) is 14.9. The summed E-state index contributed by atoms with van der Waals surface area (Å²) in [6.45, 7) is 1.34. The van der Waals surface area contributed by atoms with Gasteiger partial charge in [0.1, 0.15) is 5.75 Å². The summed E-state index contributed by atoms with van der Waals surface area (Å²) >= 11 is 0. The summed E-state index contributed by atoms with van der Waals surface area (Å²) in [5.41, 5.74) is 14.6. The first-order valence-corrected chi connectivity index (χ1v) is 8.16. The molecule has 0 radical (unpaired) electrons. The maximum atomic E-state index is 12.2. The minimum Gasteiger partial charge on any atom is -0.406 e. The van der Waals surface area contributed by atoms with Gasteiger partial charge in [0, 0.05) is 13.1 Å². The van der Waals surface area contributed by atoms with Gasteiger partial charge in [0.25, 0.3) is 0 Å². The van der Waals surface area contributed by atoms with E-state index in [1.807, 2.05) is 23.1 Å². The Labute approximate surface area is 166 Å². The molecule has 150 valence electrons. The van der Waals surface area contributed by atoms with E-state index in [4.69, 9.17) is 11.5 Å². The van der Waals surface area contributed by atoms with E-state index < -0.39 is 6.36 Å². The Morgan fingerprint density at radius 2 is 1.64 bits per heavy atom. The molecule has 0 saturated heterocycles. The molecular weight excluding hydrogens is 395 g/mol. The summed E-state index contributed by atoms with van der Waals surface area (Å²) in [4.78, 5) is 10.0. The van der Waals surface area contributed by atoms with Gasteiger partial charge in [-0.25, -0.2) is 4.99 Å². The van der Waals surface area contributed by atoms with Crippen LogP contribution in [0.2, 0.25) is 0 Å². The van der Waals surface area contributed by atoms with Crippen LogP contribution in [0.1, 0.15) is 11.1 Å². The number of alkyl halides is 3. The molecule has 0 bridgehead atoms. The highest BCUT2D eigenvalue weighted by Crippen LogP contribution is 2.25. The quantitative estimate of drug-likeness (QED) is 0.583. The molecule has 0 unspecified atom stereocenters. The lowest BCUT2D eigenvalue weighted by molar-refractivity contribution is -0.274. The average Bonchev–Trinajstić information content (AvgIpc) is 2.61. The maximum Gasteiger partial charge on any atom is 0.573 e. The highest BCUT2D eigenvalue weighted by Gasteiger charge is 2.30. The number of hydrogen-bond donors (Lipinski definition) is 2. The van der Waals surface area contributed by atoms with Crippen LogP contribution in [0.25, 0.3) is 0 Å². The van der Waals surface area contributed by atoms with Crippen LogP contribution in [0.3, 0.4) is 0 Å². The molecular formula is C18H19ClF3N5O. The predicted molar refractivity (Wildman–Crippen MR) is 104 cm³/mol. The van der Waals surface area contributed by atoms with Gasteiger partial charge in [-0.05, 0) is 41.8 Å². The SMILES string of the molecule is Cl.NC(=Nc1ccc(OC(F)(F)F)cc1)N=C(N)N1CCc2ccccc2C1. The zero-order chi connectivity index (χ0) is 19.4. The zero-order valence-corrected chi connectivity index (χ0v) is 15.5. The molecule has 0 amide bonds. The Bertz CT molecular complexity index is 868. The van der Waals surface area contributed by atoms with Crippen LogP contribution >= 0.6 is 12.4 Å². The lowest BCUT2D eigenvalue weighted by atomic mass is 10.0. The molecule has 28 heavy (non-hydrogen) atoms. The highest BCUT2D eigenvalue weighted by atomic mass is 35.5. The second kappa shape index (κ2) is 8.83. The molecule has 0 aliphatic carbocycles. The van der Waals surface area contributed by atoms with Gasteiger partial charge in [-0.1, -0.05) is 24.3 Å². The summed E-state index contributed by atoms with van der Waals surface area (Å²) in [5.74, 6) is -0.186. The van der Waals surface area contributed by atoms with Crippen LogP contribution in [0.5, 0.6) is 5.75 Å². The summed E-state index contributed by atoms with van der Waals surface area (Å²) in [5, 5.41) is 0. The van der Waals surface area contributed by atoms with Crippen LogP contribution in [-0.2, 0) is 13.0 Å². The lowest BCUT2D eigenvalue weighted by Crippen LogP contribution is -2.41. The summed E-state index contributed by atoms with van der Waals surface area (Å²) in [7, 11) is 0. The van der Waals surface area contributed by atoms with Gasteiger partial charge in [-0.3, -0.25) is 0 Å². The maximum absolute atomic E-state index is 12.2. The molecule has 3 rings (SSSR count). The van der Waals surface area contributed by atoms with Gasteiger partial charge < -0.3 is 21.1 Å². The van der Waals surface area contributed by atoms with Crippen LogP contribution in [-0.4, -0.2) is 29.7 Å². The molecule has 0 spiro atoms. The first-order chi connectivity index (χ1) is 12.8. The van der Waals surface area contributed by atoms with Crippen LogP contribution in [0, 0.1) is 0 Å². The first-order valence-electron chi connectivity index (χ1n) is 8.16. The van der Waals surface area contributed by atoms with Gasteiger partial charge in [0.05, 0.1) is 5.69 Å². The fourth-order valence-corrected chi connectivity index (χ4v) is 2.76. The molecule has 0 aromatic heterocycles. The van der Waals surface area contributed by atoms with E-state index in [-0.39, 0.29) is 30.1 Å². The summed E-state index contributed by atoms with van der Waals surface area (Å²) in [6, 6.07) is 13.1. The standard InChI is InChI=1S/C18H18F3N5O.ClH/c19-18(20,21)27-15-7-5-14(6-8-15)24-16(22)25-17(23)26-10-9-12-3-1-2-4-13(12)11-26;/h1-8H,9-11H2,(H4,22,23,24,25);1H. The second-order valence-corrected chi connectivity index (χ2v) is 5.92. The first kappa shape index (κ1) is 21.4. The van der Waals surface area contributed by atoms with Crippen molar-refractivity contribution in [3.8, 4) is 5.75 Å². The average molecular weight is 414 g/mol. The molecule has 0 fully saturated rings. The smallest absolute Gasteiger partial charge is 0.406 e. The van der Waals surface area contributed by atoms with E-state index in [1.54, 1.807) is 0 Å².